The van der Waals surface area contributed by atoms with Gasteiger partial charge in [-0.15, -0.1) is 0 Å². The summed E-state index contributed by atoms with van der Waals surface area (Å²) in [5.41, 5.74) is 5.44. The maximum Gasteiger partial charge on any atom is 0.170 e. The first-order valence-corrected chi connectivity index (χ1v) is 13.7. The third-order valence-corrected chi connectivity index (χ3v) is 8.01. The fourth-order valence-electron chi connectivity index (χ4n) is 5.51. The van der Waals surface area contributed by atoms with Gasteiger partial charge < -0.3 is 0 Å². The zero-order chi connectivity index (χ0) is 27.5. The summed E-state index contributed by atoms with van der Waals surface area (Å²) in [6, 6.07) is 0. The van der Waals surface area contributed by atoms with Crippen LogP contribution >= 0.6 is 0 Å². The predicted octanol–water partition coefficient (Wildman–Crippen LogP) is 9.31. The van der Waals surface area contributed by atoms with Gasteiger partial charge in [0.05, 0.1) is 5.57 Å². The van der Waals surface area contributed by atoms with Crippen LogP contribution in [0.5, 0.6) is 0 Å². The predicted molar refractivity (Wildman–Crippen MR) is 155 cm³/mol. The Morgan fingerprint density at radius 2 is 1.39 bits per heavy atom. The molecule has 0 aliphatic heterocycles. The van der Waals surface area contributed by atoms with Gasteiger partial charge >= 0.3 is 0 Å². The van der Waals surface area contributed by atoms with Crippen molar-refractivity contribution in [3.63, 3.8) is 0 Å². The second-order valence-electron chi connectivity index (χ2n) is 13.8. The molecule has 2 rings (SSSR count). The molecule has 0 heterocycles. The molecule has 0 N–H and O–H groups in total. The summed E-state index contributed by atoms with van der Waals surface area (Å²) in [7, 11) is 0. The van der Waals surface area contributed by atoms with Crippen LogP contribution in [0.4, 0.5) is 0 Å². The van der Waals surface area contributed by atoms with E-state index >= 15 is 0 Å². The van der Waals surface area contributed by atoms with Crippen molar-refractivity contribution in [3.8, 4) is 0 Å². The molecule has 2 heteroatoms. The van der Waals surface area contributed by atoms with Gasteiger partial charge in [-0.2, -0.15) is 0 Å². The standard InChI is InChI=1S/C34H50O2/c1-23(14-12-15-24(2)18-20-27-25(3)16-13-21-34(27,10)11)17-19-26-30(35)28(32(4,5)6)22-29(31(26)36)33(7,8)9/h12,14-15,17-20,28-29H,13,16,21-22H2,1-11H3/b14-12+,20-18+,23-17+,24-15+,26-19?. The Balaban J connectivity index is 2.22. The average molecular weight is 491 g/mol. The number of hydrogen-bond acceptors (Lipinski definition) is 2. The number of carbonyl (C=O) groups excluding carboxylic acids is 2. The van der Waals surface area contributed by atoms with E-state index in [9.17, 15) is 9.59 Å². The van der Waals surface area contributed by atoms with Crippen LogP contribution in [0.2, 0.25) is 0 Å². The third kappa shape index (κ3) is 7.64. The molecule has 0 bridgehead atoms. The lowest BCUT2D eigenvalue weighted by Gasteiger charge is -2.41. The normalized spacial score (nSPS) is 24.9. The molecule has 2 aliphatic carbocycles. The number of ketones is 2. The monoisotopic (exact) mass is 490 g/mol. The summed E-state index contributed by atoms with van der Waals surface area (Å²) >= 11 is 0. The third-order valence-electron chi connectivity index (χ3n) is 8.01. The SMILES string of the molecule is CC1=C(/C=C/C(C)=C/C=C/C(C)=C/C=C2C(=O)C(C(C)(C)C)CC(C(C)(C)C)C2=O)C(C)(C)CCC1. The van der Waals surface area contributed by atoms with Crippen LogP contribution in [-0.2, 0) is 9.59 Å². The minimum absolute atomic E-state index is 0.00265. The lowest BCUT2D eigenvalue weighted by Crippen LogP contribution is -2.45. The highest BCUT2D eigenvalue weighted by molar-refractivity contribution is 6.23. The molecule has 0 saturated heterocycles. The average Bonchev–Trinajstić information content (AvgIpc) is 2.70. The van der Waals surface area contributed by atoms with E-state index < -0.39 is 0 Å². The van der Waals surface area contributed by atoms with E-state index in [1.54, 1.807) is 6.08 Å². The summed E-state index contributed by atoms with van der Waals surface area (Å²) < 4.78 is 0. The minimum Gasteiger partial charge on any atom is -0.294 e. The van der Waals surface area contributed by atoms with Crippen LogP contribution in [0, 0.1) is 28.1 Å². The quantitative estimate of drug-likeness (QED) is 0.218. The van der Waals surface area contributed by atoms with Crippen LogP contribution in [-0.4, -0.2) is 11.6 Å². The second kappa shape index (κ2) is 11.4. The molecule has 0 aromatic carbocycles. The zero-order valence-electron chi connectivity index (χ0n) is 24.8. The second-order valence-corrected chi connectivity index (χ2v) is 13.8. The van der Waals surface area contributed by atoms with Crippen LogP contribution in [0.25, 0.3) is 0 Å². The van der Waals surface area contributed by atoms with Crippen LogP contribution in [0.1, 0.15) is 102 Å². The molecule has 1 saturated carbocycles. The van der Waals surface area contributed by atoms with E-state index in [2.05, 4.69) is 87.5 Å². The van der Waals surface area contributed by atoms with E-state index in [-0.39, 0.29) is 39.6 Å². The van der Waals surface area contributed by atoms with E-state index in [0.29, 0.717) is 12.0 Å². The van der Waals surface area contributed by atoms with Gasteiger partial charge in [-0.1, -0.05) is 109 Å². The van der Waals surface area contributed by atoms with Crippen molar-refractivity contribution in [2.45, 2.75) is 102 Å². The fraction of sp³-hybridized carbons (Fsp3) is 0.588. The Hall–Kier alpha value is -2.22. The number of hydrogen-bond donors (Lipinski definition) is 0. The van der Waals surface area contributed by atoms with Gasteiger partial charge in [-0.05, 0) is 74.3 Å². The summed E-state index contributed by atoms with van der Waals surface area (Å²) in [5.74, 6) is -0.283. The van der Waals surface area contributed by atoms with Gasteiger partial charge in [-0.3, -0.25) is 9.59 Å². The molecule has 2 aliphatic rings. The largest absolute Gasteiger partial charge is 0.294 e. The van der Waals surface area contributed by atoms with Crippen molar-refractivity contribution in [1.29, 1.82) is 0 Å². The van der Waals surface area contributed by atoms with E-state index in [1.807, 2.05) is 25.2 Å². The van der Waals surface area contributed by atoms with Gasteiger partial charge in [0, 0.05) is 11.8 Å². The zero-order valence-corrected chi connectivity index (χ0v) is 24.8. The number of rotatable bonds is 5. The molecule has 1 fully saturated rings. The molecular formula is C34H50O2. The van der Waals surface area contributed by atoms with Crippen molar-refractivity contribution in [2.24, 2.45) is 28.1 Å². The number of Topliss-reactive ketones (excluding diaryl/α,β-unsaturated/α-hetero) is 2. The molecule has 0 spiro atoms. The van der Waals surface area contributed by atoms with Gasteiger partial charge in [0.15, 0.2) is 11.6 Å². The Bertz CT molecular complexity index is 1000. The van der Waals surface area contributed by atoms with Crippen molar-refractivity contribution >= 4 is 11.6 Å². The van der Waals surface area contributed by atoms with Gasteiger partial charge in [0.25, 0.3) is 0 Å². The molecular weight excluding hydrogens is 440 g/mol. The number of allylic oxidation sites excluding steroid dienone is 12. The maximum atomic E-state index is 13.3. The van der Waals surface area contributed by atoms with Gasteiger partial charge in [-0.25, -0.2) is 0 Å². The fourth-order valence-corrected chi connectivity index (χ4v) is 5.51. The van der Waals surface area contributed by atoms with Gasteiger partial charge in [0.1, 0.15) is 0 Å². The Morgan fingerprint density at radius 1 is 0.861 bits per heavy atom. The topological polar surface area (TPSA) is 34.1 Å². The molecule has 0 aromatic heterocycles. The molecule has 2 atom stereocenters. The molecule has 0 aromatic rings. The highest BCUT2D eigenvalue weighted by Crippen LogP contribution is 2.45. The first kappa shape index (κ1) is 30.0. The summed E-state index contributed by atoms with van der Waals surface area (Å²) in [4.78, 5) is 26.6. The molecule has 2 unspecified atom stereocenters. The van der Waals surface area contributed by atoms with Crippen molar-refractivity contribution in [3.05, 3.63) is 70.4 Å². The van der Waals surface area contributed by atoms with Crippen LogP contribution < -0.4 is 0 Å². The van der Waals surface area contributed by atoms with E-state index in [1.165, 1.54) is 36.0 Å². The van der Waals surface area contributed by atoms with E-state index in [0.717, 1.165) is 5.57 Å². The van der Waals surface area contributed by atoms with Crippen molar-refractivity contribution < 1.29 is 9.59 Å². The summed E-state index contributed by atoms with van der Waals surface area (Å²) in [5, 5.41) is 0. The molecule has 0 radical (unpaired) electrons. The lowest BCUT2D eigenvalue weighted by molar-refractivity contribution is -0.135. The maximum absolute atomic E-state index is 13.3. The first-order chi connectivity index (χ1) is 16.4. The van der Waals surface area contributed by atoms with Crippen molar-refractivity contribution in [1.82, 2.24) is 0 Å². The Kier molecular flexibility index (Phi) is 9.54. The molecule has 2 nitrogen and oxygen atoms in total. The van der Waals surface area contributed by atoms with Crippen LogP contribution in [0.3, 0.4) is 0 Å². The van der Waals surface area contributed by atoms with Crippen LogP contribution in [0.15, 0.2) is 70.4 Å². The molecule has 198 valence electrons. The molecule has 36 heavy (non-hydrogen) atoms. The van der Waals surface area contributed by atoms with E-state index in [4.69, 9.17) is 0 Å². The summed E-state index contributed by atoms with van der Waals surface area (Å²) in [6.07, 6.45) is 18.7. The minimum atomic E-state index is -0.170. The summed E-state index contributed by atoms with van der Waals surface area (Å²) in [6.45, 7) is 23.7. The highest BCUT2D eigenvalue weighted by atomic mass is 16.2. The highest BCUT2D eigenvalue weighted by Gasteiger charge is 2.47. The van der Waals surface area contributed by atoms with Crippen molar-refractivity contribution in [2.75, 3.05) is 0 Å². The van der Waals surface area contributed by atoms with Gasteiger partial charge in [0.2, 0.25) is 0 Å². The Morgan fingerprint density at radius 3 is 1.89 bits per heavy atom. The number of carbonyl (C=O) groups is 2. The first-order valence-electron chi connectivity index (χ1n) is 13.7. The Labute approximate surface area is 221 Å². The smallest absolute Gasteiger partial charge is 0.170 e. The lowest BCUT2D eigenvalue weighted by atomic mass is 9.61. The molecule has 0 amide bonds.